The summed E-state index contributed by atoms with van der Waals surface area (Å²) in [6.45, 7) is 4.15. The molecular weight excluding hydrogens is 293 g/mol. The Morgan fingerprint density at radius 2 is 2.05 bits per heavy atom. The van der Waals surface area contributed by atoms with E-state index in [1.54, 1.807) is 6.07 Å². The summed E-state index contributed by atoms with van der Waals surface area (Å²) in [6.07, 6.45) is 6.35. The number of halogens is 2. The molecule has 0 radical (unpaired) electrons. The quantitative estimate of drug-likeness (QED) is 0.849. The van der Waals surface area contributed by atoms with Gasteiger partial charge in [0, 0.05) is 29.6 Å². The second-order valence-corrected chi connectivity index (χ2v) is 7.24. The van der Waals surface area contributed by atoms with Crippen LogP contribution in [0.3, 0.4) is 0 Å². The first-order valence-electron chi connectivity index (χ1n) is 7.43. The predicted molar refractivity (Wildman–Crippen MR) is 83.9 cm³/mol. The molecule has 1 atom stereocenters. The van der Waals surface area contributed by atoms with Gasteiger partial charge in [0.2, 0.25) is 0 Å². The molecule has 0 bridgehead atoms. The Balaban J connectivity index is 1.76. The molecule has 2 nitrogen and oxygen atoms in total. The maximum absolute atomic E-state index is 6.23. The van der Waals surface area contributed by atoms with Crippen LogP contribution in [0.5, 0.6) is 5.75 Å². The van der Waals surface area contributed by atoms with Gasteiger partial charge in [0.25, 0.3) is 0 Å². The molecule has 4 heteroatoms. The second-order valence-electron chi connectivity index (χ2n) is 6.39. The van der Waals surface area contributed by atoms with Crippen LogP contribution in [0.4, 0.5) is 0 Å². The summed E-state index contributed by atoms with van der Waals surface area (Å²) in [4.78, 5) is 0. The van der Waals surface area contributed by atoms with Crippen molar-refractivity contribution in [2.45, 2.75) is 45.1 Å². The number of nitrogens with one attached hydrogen (secondary N) is 1. The first-order chi connectivity index (χ1) is 9.57. The third-order valence-corrected chi connectivity index (χ3v) is 5.15. The summed E-state index contributed by atoms with van der Waals surface area (Å²) in [7, 11) is 0. The van der Waals surface area contributed by atoms with E-state index in [4.69, 9.17) is 27.9 Å². The molecule has 110 valence electrons. The molecule has 1 heterocycles. The minimum atomic E-state index is 0.298. The van der Waals surface area contributed by atoms with Crippen molar-refractivity contribution in [2.24, 2.45) is 5.41 Å². The molecular formula is C16H21Cl2NO. The Labute approximate surface area is 130 Å². The van der Waals surface area contributed by atoms with Crippen LogP contribution in [0.1, 0.15) is 50.6 Å². The van der Waals surface area contributed by atoms with Gasteiger partial charge in [-0.05, 0) is 30.4 Å². The van der Waals surface area contributed by atoms with E-state index in [1.807, 2.05) is 6.07 Å². The molecule has 1 unspecified atom stereocenters. The summed E-state index contributed by atoms with van der Waals surface area (Å²) in [6, 6.07) is 4.03. The minimum absolute atomic E-state index is 0.298. The lowest BCUT2D eigenvalue weighted by molar-refractivity contribution is 0.231. The van der Waals surface area contributed by atoms with Crippen molar-refractivity contribution in [3.63, 3.8) is 0 Å². The molecule has 3 rings (SSSR count). The second kappa shape index (κ2) is 5.75. The molecule has 0 amide bonds. The van der Waals surface area contributed by atoms with Gasteiger partial charge in [0.15, 0.2) is 0 Å². The lowest BCUT2D eigenvalue weighted by Gasteiger charge is -2.31. The largest absolute Gasteiger partial charge is 0.492 e. The van der Waals surface area contributed by atoms with Gasteiger partial charge < -0.3 is 10.1 Å². The van der Waals surface area contributed by atoms with Crippen molar-refractivity contribution in [1.82, 2.24) is 5.32 Å². The zero-order valence-corrected chi connectivity index (χ0v) is 13.4. The van der Waals surface area contributed by atoms with Gasteiger partial charge in [0.05, 0.1) is 11.6 Å². The molecule has 1 aliphatic carbocycles. The Bertz CT molecular complexity index is 497. The van der Waals surface area contributed by atoms with Crippen molar-refractivity contribution >= 4 is 23.2 Å². The number of fused-ring (bicyclic) bond motifs is 1. The molecule has 1 aromatic carbocycles. The van der Waals surface area contributed by atoms with Crippen LogP contribution in [0.2, 0.25) is 10.0 Å². The summed E-state index contributed by atoms with van der Waals surface area (Å²) in [5.41, 5.74) is 1.55. The highest BCUT2D eigenvalue weighted by atomic mass is 35.5. The first kappa shape index (κ1) is 14.5. The normalized spacial score (nSPS) is 24.2. The predicted octanol–water partition coefficient (Wildman–Crippen LogP) is 4.99. The van der Waals surface area contributed by atoms with Crippen LogP contribution >= 0.6 is 23.2 Å². The van der Waals surface area contributed by atoms with E-state index in [2.05, 4.69) is 12.2 Å². The van der Waals surface area contributed by atoms with E-state index in [0.29, 0.717) is 28.1 Å². The third kappa shape index (κ3) is 2.93. The van der Waals surface area contributed by atoms with E-state index in [-0.39, 0.29) is 0 Å². The molecule has 1 fully saturated rings. The van der Waals surface area contributed by atoms with Crippen LogP contribution in [0, 0.1) is 5.41 Å². The maximum Gasteiger partial charge on any atom is 0.142 e. The Morgan fingerprint density at radius 3 is 2.80 bits per heavy atom. The van der Waals surface area contributed by atoms with E-state index >= 15 is 0 Å². The SMILES string of the molecule is CC1(CNC2CCOc3c(Cl)cc(Cl)cc32)CCCC1. The van der Waals surface area contributed by atoms with Crippen molar-refractivity contribution < 1.29 is 4.74 Å². The third-order valence-electron chi connectivity index (χ3n) is 4.65. The highest BCUT2D eigenvalue weighted by Gasteiger charge is 2.31. The fraction of sp³-hybridized carbons (Fsp3) is 0.625. The zero-order chi connectivity index (χ0) is 14.2. The Hall–Kier alpha value is -0.440. The summed E-state index contributed by atoms with van der Waals surface area (Å²) >= 11 is 12.4. The van der Waals surface area contributed by atoms with Crippen molar-refractivity contribution in [1.29, 1.82) is 0 Å². The topological polar surface area (TPSA) is 21.3 Å². The van der Waals surface area contributed by atoms with Crippen LogP contribution in [0.15, 0.2) is 12.1 Å². The van der Waals surface area contributed by atoms with E-state index in [0.717, 1.165) is 24.3 Å². The van der Waals surface area contributed by atoms with Crippen molar-refractivity contribution in [3.05, 3.63) is 27.7 Å². The molecule has 1 aliphatic heterocycles. The molecule has 1 N–H and O–H groups in total. The monoisotopic (exact) mass is 313 g/mol. The summed E-state index contributed by atoms with van der Waals surface area (Å²) in [5, 5.41) is 5.01. The maximum atomic E-state index is 6.23. The Morgan fingerprint density at radius 1 is 1.30 bits per heavy atom. The van der Waals surface area contributed by atoms with Gasteiger partial charge in [-0.1, -0.05) is 43.0 Å². The van der Waals surface area contributed by atoms with Gasteiger partial charge in [-0.25, -0.2) is 0 Å². The smallest absolute Gasteiger partial charge is 0.142 e. The minimum Gasteiger partial charge on any atom is -0.492 e. The first-order valence-corrected chi connectivity index (χ1v) is 8.18. The standard InChI is InChI=1S/C16H21Cl2NO/c1-16(5-2-3-6-16)10-19-14-4-7-20-15-12(14)8-11(17)9-13(15)18/h8-9,14,19H,2-7,10H2,1H3. The van der Waals surface area contributed by atoms with Gasteiger partial charge in [-0.3, -0.25) is 0 Å². The average Bonchev–Trinajstić information content (AvgIpc) is 2.84. The molecule has 20 heavy (non-hydrogen) atoms. The molecule has 0 aromatic heterocycles. The average molecular weight is 314 g/mol. The fourth-order valence-electron chi connectivity index (χ4n) is 3.41. The molecule has 0 saturated heterocycles. The molecule has 1 saturated carbocycles. The number of hydrogen-bond acceptors (Lipinski definition) is 2. The lowest BCUT2D eigenvalue weighted by atomic mass is 9.88. The van der Waals surface area contributed by atoms with Crippen LogP contribution in [-0.4, -0.2) is 13.2 Å². The molecule has 0 spiro atoms. The van der Waals surface area contributed by atoms with E-state index in [9.17, 15) is 0 Å². The molecule has 1 aromatic rings. The summed E-state index contributed by atoms with van der Waals surface area (Å²) in [5.74, 6) is 0.802. The number of hydrogen-bond donors (Lipinski definition) is 1. The lowest BCUT2D eigenvalue weighted by Crippen LogP contribution is -2.35. The van der Waals surface area contributed by atoms with Gasteiger partial charge in [-0.15, -0.1) is 0 Å². The van der Waals surface area contributed by atoms with Crippen LogP contribution in [-0.2, 0) is 0 Å². The van der Waals surface area contributed by atoms with Crippen LogP contribution in [0.25, 0.3) is 0 Å². The van der Waals surface area contributed by atoms with Gasteiger partial charge >= 0.3 is 0 Å². The fourth-order valence-corrected chi connectivity index (χ4v) is 3.98. The van der Waals surface area contributed by atoms with Gasteiger partial charge in [0.1, 0.15) is 5.75 Å². The molecule has 2 aliphatic rings. The van der Waals surface area contributed by atoms with Gasteiger partial charge in [-0.2, -0.15) is 0 Å². The highest BCUT2D eigenvalue weighted by Crippen LogP contribution is 2.41. The van der Waals surface area contributed by atoms with Crippen molar-refractivity contribution in [3.8, 4) is 5.75 Å². The van der Waals surface area contributed by atoms with Crippen molar-refractivity contribution in [2.75, 3.05) is 13.2 Å². The zero-order valence-electron chi connectivity index (χ0n) is 11.8. The Kier molecular flexibility index (Phi) is 4.16. The van der Waals surface area contributed by atoms with E-state index in [1.165, 1.54) is 25.7 Å². The van der Waals surface area contributed by atoms with E-state index < -0.39 is 0 Å². The number of rotatable bonds is 3. The number of ether oxygens (including phenoxy) is 1. The number of benzene rings is 1. The highest BCUT2D eigenvalue weighted by molar-refractivity contribution is 6.35. The van der Waals surface area contributed by atoms with Crippen LogP contribution < -0.4 is 10.1 Å². The summed E-state index contributed by atoms with van der Waals surface area (Å²) < 4.78 is 5.71.